The predicted molar refractivity (Wildman–Crippen MR) is 113 cm³/mol. The zero-order chi connectivity index (χ0) is 19.1. The molecule has 4 heteroatoms. The fourth-order valence-corrected chi connectivity index (χ4v) is 6.20. The van der Waals surface area contributed by atoms with Crippen molar-refractivity contribution in [3.63, 3.8) is 0 Å². The van der Waals surface area contributed by atoms with Crippen molar-refractivity contribution in [2.45, 2.75) is 50.6 Å². The summed E-state index contributed by atoms with van der Waals surface area (Å²) >= 11 is 0. The molecule has 4 N–H and O–H groups in total. The summed E-state index contributed by atoms with van der Waals surface area (Å²) in [6, 6.07) is 15.3. The fraction of sp³-hybridized carbons (Fsp3) is 0.458. The molecular formula is C24H29N3O. The Morgan fingerprint density at radius 3 is 2.14 bits per heavy atom. The normalized spacial score (nSPS) is 30.4. The number of nitrogen functional groups attached to an aromatic ring is 1. The molecule has 1 amide bonds. The Morgan fingerprint density at radius 1 is 0.929 bits per heavy atom. The molecular weight excluding hydrogens is 346 g/mol. The van der Waals surface area contributed by atoms with E-state index in [1.165, 1.54) is 44.1 Å². The first-order valence-electron chi connectivity index (χ1n) is 10.6. The smallest absolute Gasteiger partial charge is 0.255 e. The minimum absolute atomic E-state index is 0.126. The van der Waals surface area contributed by atoms with Crippen LogP contribution in [0.4, 0.5) is 11.4 Å². The average Bonchev–Trinajstić information content (AvgIpc) is 2.68. The molecule has 4 aliphatic rings. The number of nitrogens with one attached hydrogen (secondary N) is 2. The number of para-hydroxylation sites is 2. The molecule has 4 saturated carbocycles. The molecule has 4 aliphatic carbocycles. The Hall–Kier alpha value is -2.33. The number of benzene rings is 2. The van der Waals surface area contributed by atoms with Gasteiger partial charge in [-0.15, -0.1) is 0 Å². The van der Waals surface area contributed by atoms with Crippen LogP contribution in [0.15, 0.2) is 48.5 Å². The van der Waals surface area contributed by atoms with Gasteiger partial charge in [0.2, 0.25) is 0 Å². The van der Waals surface area contributed by atoms with E-state index in [-0.39, 0.29) is 5.91 Å². The highest BCUT2D eigenvalue weighted by Gasteiger charge is 2.50. The molecule has 2 aromatic rings. The lowest BCUT2D eigenvalue weighted by molar-refractivity contribution is -0.0206. The maximum atomic E-state index is 12.5. The van der Waals surface area contributed by atoms with E-state index in [2.05, 4.69) is 22.8 Å². The van der Waals surface area contributed by atoms with E-state index < -0.39 is 0 Å². The molecule has 4 nitrogen and oxygen atoms in total. The molecule has 6 rings (SSSR count). The van der Waals surface area contributed by atoms with Gasteiger partial charge in [0, 0.05) is 17.6 Å². The van der Waals surface area contributed by atoms with E-state index in [0.717, 1.165) is 24.3 Å². The van der Waals surface area contributed by atoms with Gasteiger partial charge in [-0.25, -0.2) is 0 Å². The van der Waals surface area contributed by atoms with Crippen molar-refractivity contribution in [3.8, 4) is 0 Å². The van der Waals surface area contributed by atoms with E-state index >= 15 is 0 Å². The summed E-state index contributed by atoms with van der Waals surface area (Å²) < 4.78 is 0. The molecule has 0 aliphatic heterocycles. The Balaban J connectivity index is 1.21. The van der Waals surface area contributed by atoms with E-state index in [1.54, 1.807) is 6.07 Å². The van der Waals surface area contributed by atoms with Crippen LogP contribution in [0.5, 0.6) is 0 Å². The molecule has 2 aromatic carbocycles. The van der Waals surface area contributed by atoms with E-state index in [1.807, 2.05) is 30.3 Å². The summed E-state index contributed by atoms with van der Waals surface area (Å²) in [7, 11) is 0. The summed E-state index contributed by atoms with van der Waals surface area (Å²) in [5, 5.41) is 6.81. The number of hydrogen-bond acceptors (Lipinski definition) is 3. The Morgan fingerprint density at radius 2 is 1.54 bits per heavy atom. The quantitative estimate of drug-likeness (QED) is 0.670. The van der Waals surface area contributed by atoms with Crippen LogP contribution in [-0.2, 0) is 6.54 Å². The summed E-state index contributed by atoms with van der Waals surface area (Å²) in [6.45, 7) is 0.889. The van der Waals surface area contributed by atoms with Crippen LogP contribution in [-0.4, -0.2) is 11.4 Å². The van der Waals surface area contributed by atoms with Crippen molar-refractivity contribution in [2.24, 2.45) is 17.8 Å². The van der Waals surface area contributed by atoms with Crippen LogP contribution in [0, 0.1) is 17.8 Å². The third kappa shape index (κ3) is 3.42. The Labute approximate surface area is 166 Å². The molecule has 0 spiro atoms. The second-order valence-corrected chi connectivity index (χ2v) is 9.29. The average molecular weight is 376 g/mol. The highest BCUT2D eigenvalue weighted by Crippen LogP contribution is 2.55. The van der Waals surface area contributed by atoms with Gasteiger partial charge in [0.15, 0.2) is 0 Å². The zero-order valence-electron chi connectivity index (χ0n) is 16.3. The lowest BCUT2D eigenvalue weighted by Crippen LogP contribution is -2.58. The van der Waals surface area contributed by atoms with E-state index in [4.69, 9.17) is 5.73 Å². The minimum Gasteiger partial charge on any atom is -0.397 e. The van der Waals surface area contributed by atoms with Crippen LogP contribution in [0.3, 0.4) is 0 Å². The van der Waals surface area contributed by atoms with Crippen molar-refractivity contribution in [3.05, 3.63) is 59.7 Å². The highest BCUT2D eigenvalue weighted by molar-refractivity contribution is 6.05. The van der Waals surface area contributed by atoms with Gasteiger partial charge in [0.05, 0.1) is 11.4 Å². The van der Waals surface area contributed by atoms with Crippen molar-refractivity contribution < 1.29 is 4.79 Å². The maximum Gasteiger partial charge on any atom is 0.255 e. The van der Waals surface area contributed by atoms with Crippen LogP contribution >= 0.6 is 0 Å². The van der Waals surface area contributed by atoms with Crippen molar-refractivity contribution in [2.75, 3.05) is 11.1 Å². The summed E-state index contributed by atoms with van der Waals surface area (Å²) in [5.74, 6) is 2.74. The van der Waals surface area contributed by atoms with Gasteiger partial charge < -0.3 is 16.4 Å². The van der Waals surface area contributed by atoms with Crippen molar-refractivity contribution in [1.82, 2.24) is 5.32 Å². The summed E-state index contributed by atoms with van der Waals surface area (Å²) in [5.41, 5.74) is 9.41. The highest BCUT2D eigenvalue weighted by atomic mass is 16.1. The van der Waals surface area contributed by atoms with Gasteiger partial charge in [-0.3, -0.25) is 4.79 Å². The molecule has 0 atom stereocenters. The number of hydrogen-bond donors (Lipinski definition) is 3. The molecule has 28 heavy (non-hydrogen) atoms. The Bertz CT molecular complexity index is 838. The SMILES string of the molecule is Nc1ccccc1NC(=O)c1ccc(CNC23CC4CC(CC(C4)C2)C3)cc1. The molecule has 0 radical (unpaired) electrons. The third-order valence-electron chi connectivity index (χ3n) is 7.13. The monoisotopic (exact) mass is 375 g/mol. The lowest BCUT2D eigenvalue weighted by Gasteiger charge is -2.57. The first-order valence-corrected chi connectivity index (χ1v) is 10.6. The van der Waals surface area contributed by atoms with Gasteiger partial charge in [0.1, 0.15) is 0 Å². The standard InChI is InChI=1S/C24H29N3O/c25-21-3-1-2-4-22(21)27-23(28)20-7-5-16(6-8-20)15-26-24-12-17-9-18(13-24)11-19(10-17)14-24/h1-8,17-19,26H,9-15,25H2,(H,27,28). The van der Waals surface area contributed by atoms with Crippen LogP contribution in [0.1, 0.15) is 54.4 Å². The molecule has 0 unspecified atom stereocenters. The van der Waals surface area contributed by atoms with E-state index in [9.17, 15) is 4.79 Å². The van der Waals surface area contributed by atoms with Crippen LogP contribution in [0.2, 0.25) is 0 Å². The minimum atomic E-state index is -0.126. The second-order valence-electron chi connectivity index (χ2n) is 9.29. The summed E-state index contributed by atoms with van der Waals surface area (Å²) in [6.07, 6.45) is 8.48. The lowest BCUT2D eigenvalue weighted by atomic mass is 9.53. The topological polar surface area (TPSA) is 67.1 Å². The molecule has 146 valence electrons. The molecule has 0 saturated heterocycles. The number of anilines is 2. The number of amides is 1. The maximum absolute atomic E-state index is 12.5. The van der Waals surface area contributed by atoms with Crippen LogP contribution < -0.4 is 16.4 Å². The van der Waals surface area contributed by atoms with Crippen molar-refractivity contribution >= 4 is 17.3 Å². The van der Waals surface area contributed by atoms with Crippen LogP contribution in [0.25, 0.3) is 0 Å². The number of carbonyl (C=O) groups is 1. The molecule has 0 heterocycles. The number of carbonyl (C=O) groups excluding carboxylic acids is 1. The second kappa shape index (κ2) is 6.93. The van der Waals surface area contributed by atoms with Gasteiger partial charge in [-0.2, -0.15) is 0 Å². The number of nitrogens with two attached hydrogens (primary N) is 1. The largest absolute Gasteiger partial charge is 0.397 e. The number of rotatable bonds is 5. The first kappa shape index (κ1) is 17.7. The van der Waals surface area contributed by atoms with E-state index in [0.29, 0.717) is 22.5 Å². The van der Waals surface area contributed by atoms with Gasteiger partial charge >= 0.3 is 0 Å². The molecule has 4 fully saturated rings. The predicted octanol–water partition coefficient (Wildman–Crippen LogP) is 4.58. The van der Waals surface area contributed by atoms with Gasteiger partial charge in [0.25, 0.3) is 5.91 Å². The van der Waals surface area contributed by atoms with Gasteiger partial charge in [-0.1, -0.05) is 24.3 Å². The fourth-order valence-electron chi connectivity index (χ4n) is 6.20. The zero-order valence-corrected chi connectivity index (χ0v) is 16.3. The van der Waals surface area contributed by atoms with Crippen molar-refractivity contribution in [1.29, 1.82) is 0 Å². The summed E-state index contributed by atoms with van der Waals surface area (Å²) in [4.78, 5) is 12.5. The Kier molecular flexibility index (Phi) is 4.39. The third-order valence-corrected chi connectivity index (χ3v) is 7.13. The molecule has 0 aromatic heterocycles. The van der Waals surface area contributed by atoms with Gasteiger partial charge in [-0.05, 0) is 86.1 Å². The molecule has 4 bridgehead atoms. The first-order chi connectivity index (χ1) is 13.6.